The molecule has 3 N–H and O–H groups in total. The van der Waals surface area contributed by atoms with E-state index in [1.807, 2.05) is 0 Å². The molecule has 0 heterocycles. The molecule has 0 saturated carbocycles. The number of halogens is 2. The van der Waals surface area contributed by atoms with Gasteiger partial charge in [0.25, 0.3) is 0 Å². The van der Waals surface area contributed by atoms with Crippen molar-refractivity contribution in [2.24, 2.45) is 5.73 Å². The van der Waals surface area contributed by atoms with Crippen LogP contribution < -0.4 is 5.73 Å². The Morgan fingerprint density at radius 3 is 2.57 bits per heavy atom. The maximum atomic E-state index is 13.1. The van der Waals surface area contributed by atoms with Gasteiger partial charge in [0.15, 0.2) is 11.6 Å². The van der Waals surface area contributed by atoms with Gasteiger partial charge < -0.3 is 10.8 Å². The summed E-state index contributed by atoms with van der Waals surface area (Å²) in [5.74, 6) is -2.08. The first-order chi connectivity index (χ1) is 6.66. The maximum absolute atomic E-state index is 13.1. The van der Waals surface area contributed by atoms with Gasteiger partial charge in [0.2, 0.25) is 0 Å². The molecule has 14 heavy (non-hydrogen) atoms. The first kappa shape index (κ1) is 10.9. The third-order valence-electron chi connectivity index (χ3n) is 2.05. The Bertz CT molecular complexity index is 315. The Labute approximate surface area is 81.4 Å². The van der Waals surface area contributed by atoms with Gasteiger partial charge in [-0.05, 0) is 37.9 Å². The molecule has 0 bridgehead atoms. The molecular weight excluding hydrogens is 188 g/mol. The zero-order valence-electron chi connectivity index (χ0n) is 7.76. The number of unbranched alkanes of at least 4 members (excludes halogenated alkanes) is 1. The number of phenols is 1. The van der Waals surface area contributed by atoms with Crippen LogP contribution in [-0.4, -0.2) is 11.7 Å². The average molecular weight is 201 g/mol. The molecule has 0 aliphatic heterocycles. The van der Waals surface area contributed by atoms with Crippen LogP contribution in [0.25, 0.3) is 0 Å². The monoisotopic (exact) mass is 201 g/mol. The number of hydrogen-bond donors (Lipinski definition) is 2. The van der Waals surface area contributed by atoms with Crippen LogP contribution in [0.2, 0.25) is 0 Å². The minimum Gasteiger partial charge on any atom is -0.508 e. The van der Waals surface area contributed by atoms with Crippen LogP contribution in [0.3, 0.4) is 0 Å². The molecule has 0 amide bonds. The van der Waals surface area contributed by atoms with Crippen molar-refractivity contribution in [1.82, 2.24) is 0 Å². The van der Waals surface area contributed by atoms with Crippen molar-refractivity contribution in [3.8, 4) is 5.75 Å². The molecule has 0 aliphatic rings. The summed E-state index contributed by atoms with van der Waals surface area (Å²) in [6.07, 6.45) is 1.69. The fourth-order valence-corrected chi connectivity index (χ4v) is 1.27. The predicted octanol–water partition coefficient (Wildman–Crippen LogP) is 1.95. The minimum atomic E-state index is -0.956. The van der Waals surface area contributed by atoms with E-state index in [-0.39, 0.29) is 11.3 Å². The van der Waals surface area contributed by atoms with Crippen molar-refractivity contribution in [1.29, 1.82) is 0 Å². The van der Waals surface area contributed by atoms with E-state index in [0.29, 0.717) is 19.4 Å². The molecule has 2 nitrogen and oxygen atoms in total. The molecule has 1 rings (SSSR count). The Balaban J connectivity index is 2.79. The second-order valence-electron chi connectivity index (χ2n) is 3.10. The van der Waals surface area contributed by atoms with Crippen LogP contribution in [0.4, 0.5) is 8.78 Å². The van der Waals surface area contributed by atoms with Crippen LogP contribution in [-0.2, 0) is 6.42 Å². The Kier molecular flexibility index (Phi) is 3.83. The highest BCUT2D eigenvalue weighted by molar-refractivity contribution is 5.34. The van der Waals surface area contributed by atoms with E-state index in [4.69, 9.17) is 5.73 Å². The highest BCUT2D eigenvalue weighted by Gasteiger charge is 2.12. The lowest BCUT2D eigenvalue weighted by atomic mass is 10.1. The van der Waals surface area contributed by atoms with Crippen LogP contribution in [0.1, 0.15) is 18.4 Å². The van der Waals surface area contributed by atoms with Gasteiger partial charge >= 0.3 is 0 Å². The molecule has 78 valence electrons. The van der Waals surface area contributed by atoms with Crippen molar-refractivity contribution in [3.05, 3.63) is 29.3 Å². The number of aromatic hydroxyl groups is 1. The lowest BCUT2D eigenvalue weighted by Crippen LogP contribution is -2.01. The Morgan fingerprint density at radius 2 is 1.93 bits per heavy atom. The van der Waals surface area contributed by atoms with Crippen molar-refractivity contribution in [2.75, 3.05) is 6.54 Å². The smallest absolute Gasteiger partial charge is 0.165 e. The number of rotatable bonds is 4. The largest absolute Gasteiger partial charge is 0.508 e. The highest BCUT2D eigenvalue weighted by atomic mass is 19.2. The molecule has 0 spiro atoms. The maximum Gasteiger partial charge on any atom is 0.165 e. The van der Waals surface area contributed by atoms with Crippen molar-refractivity contribution < 1.29 is 13.9 Å². The molecule has 0 aliphatic carbocycles. The van der Waals surface area contributed by atoms with Crippen LogP contribution >= 0.6 is 0 Å². The molecule has 1 aromatic rings. The quantitative estimate of drug-likeness (QED) is 0.731. The topological polar surface area (TPSA) is 46.2 Å². The fourth-order valence-electron chi connectivity index (χ4n) is 1.27. The van der Waals surface area contributed by atoms with Gasteiger partial charge in [-0.3, -0.25) is 0 Å². The van der Waals surface area contributed by atoms with Crippen LogP contribution in [0.5, 0.6) is 5.75 Å². The Hall–Kier alpha value is -1.16. The lowest BCUT2D eigenvalue weighted by Gasteiger charge is -2.05. The molecule has 0 saturated heterocycles. The van der Waals surface area contributed by atoms with Gasteiger partial charge in [-0.2, -0.15) is 0 Å². The van der Waals surface area contributed by atoms with E-state index >= 15 is 0 Å². The summed E-state index contributed by atoms with van der Waals surface area (Å²) in [5, 5.41) is 9.28. The van der Waals surface area contributed by atoms with Crippen LogP contribution in [0.15, 0.2) is 12.1 Å². The molecule has 0 atom stereocenters. The Morgan fingerprint density at radius 1 is 1.21 bits per heavy atom. The predicted molar refractivity (Wildman–Crippen MR) is 50.0 cm³/mol. The average Bonchev–Trinajstić information content (AvgIpc) is 2.18. The first-order valence-electron chi connectivity index (χ1n) is 4.52. The molecule has 4 heteroatoms. The van der Waals surface area contributed by atoms with Crippen molar-refractivity contribution in [2.45, 2.75) is 19.3 Å². The van der Waals surface area contributed by atoms with E-state index < -0.39 is 11.6 Å². The van der Waals surface area contributed by atoms with Gasteiger partial charge in [0, 0.05) is 5.56 Å². The number of phenolic OH excluding ortho intramolecular Hbond substituents is 1. The third kappa shape index (κ3) is 2.42. The fraction of sp³-hybridized carbons (Fsp3) is 0.400. The van der Waals surface area contributed by atoms with Gasteiger partial charge in [-0.15, -0.1) is 0 Å². The summed E-state index contributed by atoms with van der Waals surface area (Å²) in [6, 6.07) is 2.08. The highest BCUT2D eigenvalue weighted by Crippen LogP contribution is 2.23. The normalized spacial score (nSPS) is 10.5. The summed E-state index contributed by atoms with van der Waals surface area (Å²) in [7, 11) is 0. The molecule has 0 radical (unpaired) electrons. The molecule has 1 aromatic carbocycles. The van der Waals surface area contributed by atoms with Gasteiger partial charge in [-0.25, -0.2) is 8.78 Å². The molecule has 0 fully saturated rings. The zero-order valence-corrected chi connectivity index (χ0v) is 7.76. The second kappa shape index (κ2) is 4.91. The third-order valence-corrected chi connectivity index (χ3v) is 2.05. The van der Waals surface area contributed by atoms with E-state index in [2.05, 4.69) is 0 Å². The van der Waals surface area contributed by atoms with Crippen molar-refractivity contribution in [3.63, 3.8) is 0 Å². The molecular formula is C10H13F2NO. The van der Waals surface area contributed by atoms with Gasteiger partial charge in [0.1, 0.15) is 5.75 Å². The molecule has 0 aromatic heterocycles. The van der Waals surface area contributed by atoms with Crippen molar-refractivity contribution >= 4 is 0 Å². The first-order valence-corrected chi connectivity index (χ1v) is 4.52. The number of nitrogens with two attached hydrogens (primary N) is 1. The summed E-state index contributed by atoms with van der Waals surface area (Å²) in [4.78, 5) is 0. The SMILES string of the molecule is NCCCCc1c(O)ccc(F)c1F. The molecule has 0 unspecified atom stereocenters. The lowest BCUT2D eigenvalue weighted by molar-refractivity contribution is 0.439. The summed E-state index contributed by atoms with van der Waals surface area (Å²) in [6.45, 7) is 0.512. The number of hydrogen-bond acceptors (Lipinski definition) is 2. The van der Waals surface area contributed by atoms with Gasteiger partial charge in [-0.1, -0.05) is 0 Å². The van der Waals surface area contributed by atoms with E-state index in [1.54, 1.807) is 0 Å². The van der Waals surface area contributed by atoms with E-state index in [9.17, 15) is 13.9 Å². The van der Waals surface area contributed by atoms with E-state index in [0.717, 1.165) is 18.6 Å². The summed E-state index contributed by atoms with van der Waals surface area (Å²) < 4.78 is 25.9. The van der Waals surface area contributed by atoms with Crippen LogP contribution in [0, 0.1) is 11.6 Å². The minimum absolute atomic E-state index is 0.0402. The summed E-state index contributed by atoms with van der Waals surface area (Å²) >= 11 is 0. The standard InChI is InChI=1S/C10H13F2NO/c11-8-4-5-9(14)7(10(8)12)3-1-2-6-13/h4-5,14H,1-3,6,13H2. The zero-order chi connectivity index (χ0) is 10.6. The summed E-state index contributed by atoms with van der Waals surface area (Å²) in [5.41, 5.74) is 5.31. The second-order valence-corrected chi connectivity index (χ2v) is 3.10. The number of benzene rings is 1. The van der Waals surface area contributed by atoms with Gasteiger partial charge in [0.05, 0.1) is 0 Å². The van der Waals surface area contributed by atoms with E-state index in [1.165, 1.54) is 0 Å².